The van der Waals surface area contributed by atoms with Crippen molar-refractivity contribution in [2.24, 2.45) is 5.10 Å². The molecule has 0 radical (unpaired) electrons. The third-order valence-corrected chi connectivity index (χ3v) is 4.82. The molecule has 6 heteroatoms. The van der Waals surface area contributed by atoms with Crippen molar-refractivity contribution in [1.82, 2.24) is 15.0 Å². The molecule has 0 saturated carbocycles. The minimum absolute atomic E-state index is 0.0728. The maximum absolute atomic E-state index is 12.1. The molecule has 1 aromatic heterocycles. The summed E-state index contributed by atoms with van der Waals surface area (Å²) in [7, 11) is 0. The van der Waals surface area contributed by atoms with Crippen molar-refractivity contribution in [3.8, 4) is 0 Å². The molecule has 2 aromatic carbocycles. The zero-order valence-corrected chi connectivity index (χ0v) is 15.1. The Kier molecular flexibility index (Phi) is 4.05. The van der Waals surface area contributed by atoms with Crippen LogP contribution in [0, 0.1) is 0 Å². The highest BCUT2D eigenvalue weighted by molar-refractivity contribution is 9.10. The summed E-state index contributed by atoms with van der Waals surface area (Å²) in [5.74, 6) is -0.0728. The standard InChI is InChI=1S/C19H15BrN4O/c1-12(25)24-19(11-17(23-24)13-2-5-15(20)6-3-13)14-4-7-16-18(10-14)22-9-8-21-16/h2-10,19H,11H2,1H3. The van der Waals surface area contributed by atoms with E-state index >= 15 is 0 Å². The molecule has 0 fully saturated rings. The van der Waals surface area contributed by atoms with Gasteiger partial charge < -0.3 is 0 Å². The number of hydrogen-bond acceptors (Lipinski definition) is 4. The van der Waals surface area contributed by atoms with Crippen LogP contribution in [0.4, 0.5) is 0 Å². The summed E-state index contributed by atoms with van der Waals surface area (Å²) in [5, 5.41) is 6.14. The number of nitrogens with zero attached hydrogens (tertiary/aromatic N) is 4. The second-order valence-electron chi connectivity index (χ2n) is 5.94. The van der Waals surface area contributed by atoms with E-state index in [1.807, 2.05) is 42.5 Å². The molecule has 0 spiro atoms. The van der Waals surface area contributed by atoms with Gasteiger partial charge in [-0.15, -0.1) is 0 Å². The molecule has 4 rings (SSSR count). The van der Waals surface area contributed by atoms with E-state index in [0.29, 0.717) is 6.42 Å². The molecule has 1 atom stereocenters. The quantitative estimate of drug-likeness (QED) is 0.657. The molecule has 1 amide bonds. The minimum Gasteiger partial charge on any atom is -0.273 e. The first kappa shape index (κ1) is 15.9. The van der Waals surface area contributed by atoms with Crippen molar-refractivity contribution < 1.29 is 4.79 Å². The van der Waals surface area contributed by atoms with Crippen LogP contribution in [0.3, 0.4) is 0 Å². The van der Waals surface area contributed by atoms with Crippen molar-refractivity contribution in [3.05, 3.63) is 70.5 Å². The summed E-state index contributed by atoms with van der Waals surface area (Å²) in [5.41, 5.74) is 4.61. The number of amides is 1. The van der Waals surface area contributed by atoms with E-state index in [9.17, 15) is 4.79 Å². The number of hydrazone groups is 1. The van der Waals surface area contributed by atoms with Crippen molar-refractivity contribution in [3.63, 3.8) is 0 Å². The van der Waals surface area contributed by atoms with Crippen LogP contribution >= 0.6 is 15.9 Å². The molecule has 0 bridgehead atoms. The van der Waals surface area contributed by atoms with E-state index in [2.05, 4.69) is 31.0 Å². The molecule has 1 unspecified atom stereocenters. The lowest BCUT2D eigenvalue weighted by Crippen LogP contribution is -2.24. The van der Waals surface area contributed by atoms with Crippen LogP contribution in [-0.2, 0) is 4.79 Å². The predicted molar refractivity (Wildman–Crippen MR) is 100 cm³/mol. The Balaban J connectivity index is 1.71. The second kappa shape index (κ2) is 6.37. The lowest BCUT2D eigenvalue weighted by molar-refractivity contribution is -0.130. The Labute approximate surface area is 153 Å². The minimum atomic E-state index is -0.123. The molecule has 1 aliphatic rings. The lowest BCUT2D eigenvalue weighted by atomic mass is 9.98. The van der Waals surface area contributed by atoms with E-state index in [1.54, 1.807) is 24.3 Å². The van der Waals surface area contributed by atoms with Crippen LogP contribution in [0.15, 0.2) is 64.4 Å². The van der Waals surface area contributed by atoms with Crippen LogP contribution in [0.2, 0.25) is 0 Å². The average molecular weight is 395 g/mol. The van der Waals surface area contributed by atoms with Gasteiger partial charge in [-0.2, -0.15) is 5.10 Å². The SMILES string of the molecule is CC(=O)N1N=C(c2ccc(Br)cc2)CC1c1ccc2nccnc2c1. The van der Waals surface area contributed by atoms with Crippen LogP contribution in [0.25, 0.3) is 11.0 Å². The Morgan fingerprint density at radius 2 is 1.80 bits per heavy atom. The van der Waals surface area contributed by atoms with Crippen molar-refractivity contribution in [1.29, 1.82) is 0 Å². The van der Waals surface area contributed by atoms with Gasteiger partial charge in [0.15, 0.2) is 0 Å². The van der Waals surface area contributed by atoms with E-state index < -0.39 is 0 Å². The van der Waals surface area contributed by atoms with Gasteiger partial charge in [-0.05, 0) is 35.4 Å². The summed E-state index contributed by atoms with van der Waals surface area (Å²) in [6.07, 6.45) is 4.02. The van der Waals surface area contributed by atoms with Gasteiger partial charge in [0.1, 0.15) is 0 Å². The number of carbonyl (C=O) groups is 1. The van der Waals surface area contributed by atoms with E-state index in [0.717, 1.165) is 32.3 Å². The van der Waals surface area contributed by atoms with Gasteiger partial charge in [-0.3, -0.25) is 14.8 Å². The highest BCUT2D eigenvalue weighted by atomic mass is 79.9. The summed E-state index contributed by atoms with van der Waals surface area (Å²) in [6, 6.07) is 13.8. The van der Waals surface area contributed by atoms with E-state index in [1.165, 1.54) is 0 Å². The van der Waals surface area contributed by atoms with Gasteiger partial charge in [0.2, 0.25) is 5.91 Å². The topological polar surface area (TPSA) is 58.5 Å². The van der Waals surface area contributed by atoms with Gasteiger partial charge in [-0.1, -0.05) is 34.1 Å². The fourth-order valence-corrected chi connectivity index (χ4v) is 3.33. The number of aromatic nitrogens is 2. The molecule has 1 aliphatic heterocycles. The molecular weight excluding hydrogens is 380 g/mol. The lowest BCUT2D eigenvalue weighted by Gasteiger charge is -2.20. The molecule has 0 saturated heterocycles. The van der Waals surface area contributed by atoms with Gasteiger partial charge in [-0.25, -0.2) is 5.01 Å². The Morgan fingerprint density at radius 1 is 1.08 bits per heavy atom. The largest absolute Gasteiger partial charge is 0.273 e. The average Bonchev–Trinajstić information content (AvgIpc) is 3.07. The second-order valence-corrected chi connectivity index (χ2v) is 6.86. The summed E-state index contributed by atoms with van der Waals surface area (Å²) < 4.78 is 1.02. The fraction of sp³-hybridized carbons (Fsp3) is 0.158. The monoisotopic (exact) mass is 394 g/mol. The molecule has 25 heavy (non-hydrogen) atoms. The van der Waals surface area contributed by atoms with E-state index in [4.69, 9.17) is 0 Å². The van der Waals surface area contributed by atoms with E-state index in [-0.39, 0.29) is 11.9 Å². The molecule has 3 aromatic rings. The number of fused-ring (bicyclic) bond motifs is 1. The molecular formula is C19H15BrN4O. The molecule has 2 heterocycles. The Morgan fingerprint density at radius 3 is 2.52 bits per heavy atom. The van der Waals surface area contributed by atoms with Gasteiger partial charge in [0.25, 0.3) is 0 Å². The zero-order chi connectivity index (χ0) is 17.4. The van der Waals surface area contributed by atoms with Crippen LogP contribution in [0.1, 0.15) is 30.5 Å². The number of halogens is 1. The van der Waals surface area contributed by atoms with Crippen molar-refractivity contribution in [2.45, 2.75) is 19.4 Å². The van der Waals surface area contributed by atoms with Gasteiger partial charge in [0, 0.05) is 30.2 Å². The Bertz CT molecular complexity index is 984. The first-order chi connectivity index (χ1) is 12.1. The van der Waals surface area contributed by atoms with Crippen molar-refractivity contribution in [2.75, 3.05) is 0 Å². The molecule has 5 nitrogen and oxygen atoms in total. The third-order valence-electron chi connectivity index (χ3n) is 4.29. The normalized spacial score (nSPS) is 17.0. The molecule has 0 aliphatic carbocycles. The molecule has 124 valence electrons. The maximum atomic E-state index is 12.1. The first-order valence-corrected chi connectivity index (χ1v) is 8.75. The van der Waals surface area contributed by atoms with Crippen molar-refractivity contribution >= 4 is 38.6 Å². The fourth-order valence-electron chi connectivity index (χ4n) is 3.06. The van der Waals surface area contributed by atoms with Gasteiger partial charge in [0.05, 0.1) is 22.8 Å². The highest BCUT2D eigenvalue weighted by Gasteiger charge is 2.31. The number of rotatable bonds is 2. The van der Waals surface area contributed by atoms with Crippen LogP contribution < -0.4 is 0 Å². The Hall–Kier alpha value is -2.60. The molecule has 0 N–H and O–H groups in total. The highest BCUT2D eigenvalue weighted by Crippen LogP contribution is 2.33. The third kappa shape index (κ3) is 3.05. The summed E-state index contributed by atoms with van der Waals surface area (Å²) >= 11 is 3.44. The van der Waals surface area contributed by atoms with Crippen LogP contribution in [-0.4, -0.2) is 26.6 Å². The predicted octanol–water partition coefficient (Wildman–Crippen LogP) is 4.09. The zero-order valence-electron chi connectivity index (χ0n) is 13.6. The number of hydrogen-bond donors (Lipinski definition) is 0. The maximum Gasteiger partial charge on any atom is 0.240 e. The summed E-state index contributed by atoms with van der Waals surface area (Å²) in [4.78, 5) is 20.8. The number of benzene rings is 2. The summed E-state index contributed by atoms with van der Waals surface area (Å²) in [6.45, 7) is 1.54. The van der Waals surface area contributed by atoms with Gasteiger partial charge >= 0.3 is 0 Å². The first-order valence-electron chi connectivity index (χ1n) is 7.96. The smallest absolute Gasteiger partial charge is 0.240 e. The number of carbonyl (C=O) groups excluding carboxylic acids is 1. The van der Waals surface area contributed by atoms with Crippen LogP contribution in [0.5, 0.6) is 0 Å².